The highest BCUT2D eigenvalue weighted by Crippen LogP contribution is 2.32. The number of aromatic nitrogens is 1. The normalized spacial score (nSPS) is 24.6. The first-order valence-electron chi connectivity index (χ1n) is 9.95. The summed E-state index contributed by atoms with van der Waals surface area (Å²) in [6, 6.07) is 12.2. The van der Waals surface area contributed by atoms with E-state index < -0.39 is 0 Å². The lowest BCUT2D eigenvalue weighted by Gasteiger charge is -2.40. The van der Waals surface area contributed by atoms with Crippen LogP contribution in [-0.4, -0.2) is 37.2 Å². The molecule has 1 aliphatic heterocycles. The quantitative estimate of drug-likeness (QED) is 0.827. The van der Waals surface area contributed by atoms with Gasteiger partial charge in [0.1, 0.15) is 0 Å². The van der Waals surface area contributed by atoms with E-state index in [1.54, 1.807) is 5.56 Å². The van der Waals surface area contributed by atoms with Gasteiger partial charge >= 0.3 is 0 Å². The number of piperazine rings is 1. The molecule has 2 fully saturated rings. The molecule has 1 saturated heterocycles. The summed E-state index contributed by atoms with van der Waals surface area (Å²) in [5, 5.41) is 0. The molecule has 0 unspecified atom stereocenters. The largest absolute Gasteiger partial charge is 0.359 e. The summed E-state index contributed by atoms with van der Waals surface area (Å²) in [7, 11) is 0. The Bertz CT molecular complexity index is 668. The number of nitrogens with one attached hydrogen (secondary N) is 1. The summed E-state index contributed by atoms with van der Waals surface area (Å²) in [4.78, 5) is 8.63. The van der Waals surface area contributed by atoms with Crippen molar-refractivity contribution in [3.63, 3.8) is 0 Å². The number of anilines is 1. The predicted molar refractivity (Wildman–Crippen MR) is 111 cm³/mol. The van der Waals surface area contributed by atoms with Crippen LogP contribution in [0.2, 0.25) is 0 Å². The number of nitrogens with zero attached hydrogens (tertiary/aromatic N) is 2. The smallest absolute Gasteiger partial charge is 0.0951 e. The van der Waals surface area contributed by atoms with Gasteiger partial charge in [-0.3, -0.25) is 4.98 Å². The molecule has 2 aromatic rings. The minimum absolute atomic E-state index is 0.777. The second-order valence-electron chi connectivity index (χ2n) is 7.97. The molecule has 0 amide bonds. The molecule has 4 heteroatoms. The highest BCUT2D eigenvalue weighted by atomic mass is 79.9. The lowest BCUT2D eigenvalue weighted by molar-refractivity contribution is -0.927. The van der Waals surface area contributed by atoms with Gasteiger partial charge < -0.3 is 9.80 Å². The average Bonchev–Trinajstić information content (AvgIpc) is 2.68. The van der Waals surface area contributed by atoms with Crippen LogP contribution in [0, 0.1) is 6.92 Å². The van der Waals surface area contributed by atoms with Crippen molar-refractivity contribution in [1.29, 1.82) is 0 Å². The molecule has 0 atom stereocenters. The number of rotatable bonds is 3. The van der Waals surface area contributed by atoms with Gasteiger partial charge in [0.05, 0.1) is 44.1 Å². The molecule has 138 valence electrons. The summed E-state index contributed by atoms with van der Waals surface area (Å²) >= 11 is 3.54. The van der Waals surface area contributed by atoms with E-state index >= 15 is 0 Å². The Hall–Kier alpha value is -1.39. The maximum atomic E-state index is 4.32. The first-order chi connectivity index (χ1) is 12.7. The summed E-state index contributed by atoms with van der Waals surface area (Å²) in [5.41, 5.74) is 4.21. The molecule has 4 rings (SSSR count). The van der Waals surface area contributed by atoms with Gasteiger partial charge in [-0.15, -0.1) is 0 Å². The van der Waals surface area contributed by atoms with Gasteiger partial charge in [0.2, 0.25) is 0 Å². The predicted octanol–water partition coefficient (Wildman–Crippen LogP) is 3.58. The fraction of sp³-hybridized carbons (Fsp3) is 0.500. The zero-order chi connectivity index (χ0) is 17.9. The van der Waals surface area contributed by atoms with Crippen LogP contribution in [0.5, 0.6) is 0 Å². The van der Waals surface area contributed by atoms with Gasteiger partial charge in [0.15, 0.2) is 0 Å². The first-order valence-corrected chi connectivity index (χ1v) is 10.7. The van der Waals surface area contributed by atoms with Crippen LogP contribution in [0.1, 0.15) is 42.7 Å². The van der Waals surface area contributed by atoms with Gasteiger partial charge in [-0.25, -0.2) is 0 Å². The number of halogens is 1. The van der Waals surface area contributed by atoms with Crippen molar-refractivity contribution < 1.29 is 4.90 Å². The van der Waals surface area contributed by atoms with Crippen molar-refractivity contribution in [1.82, 2.24) is 4.98 Å². The number of hydrogen-bond acceptors (Lipinski definition) is 2. The van der Waals surface area contributed by atoms with Crippen molar-refractivity contribution >= 4 is 21.6 Å². The van der Waals surface area contributed by atoms with Crippen LogP contribution in [0.15, 0.2) is 47.2 Å². The maximum absolute atomic E-state index is 4.32. The highest BCUT2D eigenvalue weighted by molar-refractivity contribution is 9.10. The molecular formula is C22H29BrN3+. The molecule has 26 heavy (non-hydrogen) atoms. The fourth-order valence-electron chi connectivity index (χ4n) is 4.79. The number of aryl methyl sites for hydroxylation is 1. The summed E-state index contributed by atoms with van der Waals surface area (Å²) in [5.74, 6) is 0.777. The molecule has 0 spiro atoms. The van der Waals surface area contributed by atoms with E-state index in [4.69, 9.17) is 0 Å². The van der Waals surface area contributed by atoms with Crippen molar-refractivity contribution in [2.75, 3.05) is 31.1 Å². The summed E-state index contributed by atoms with van der Waals surface area (Å²) in [6.07, 6.45) is 9.33. The maximum Gasteiger partial charge on any atom is 0.0951 e. The third-order valence-electron chi connectivity index (χ3n) is 6.28. The van der Waals surface area contributed by atoms with Gasteiger partial charge in [-0.1, -0.05) is 29.8 Å². The monoisotopic (exact) mass is 414 g/mol. The Morgan fingerprint density at radius 1 is 1.04 bits per heavy atom. The fourth-order valence-corrected chi connectivity index (χ4v) is 5.15. The highest BCUT2D eigenvalue weighted by Gasteiger charge is 2.31. The standard InChI is InChI=1S/C22H28BrN3/c1-17-3-2-4-19(13-17)18-5-7-21(8-6-18)25-9-11-26(12-10-25)22-14-20(23)15-24-16-22/h2-4,13-16,18,21H,5-12H2,1H3/p+1. The SMILES string of the molecule is Cc1cccc(C2CCC([NH+]3CCN(c4cncc(Br)c4)CC3)CC2)c1. The van der Waals surface area contributed by atoms with E-state index in [2.05, 4.69) is 63.1 Å². The van der Waals surface area contributed by atoms with Crippen molar-refractivity contribution in [3.8, 4) is 0 Å². The van der Waals surface area contributed by atoms with Crippen molar-refractivity contribution in [2.45, 2.75) is 44.6 Å². The topological polar surface area (TPSA) is 20.6 Å². The van der Waals surface area contributed by atoms with Crippen LogP contribution in [0.4, 0.5) is 5.69 Å². The number of benzene rings is 1. The molecule has 0 radical (unpaired) electrons. The minimum Gasteiger partial charge on any atom is -0.359 e. The molecular weight excluding hydrogens is 386 g/mol. The third-order valence-corrected chi connectivity index (χ3v) is 6.71. The number of pyridine rings is 1. The number of quaternary nitrogens is 1. The Morgan fingerprint density at radius 3 is 2.50 bits per heavy atom. The molecule has 1 N–H and O–H groups in total. The van der Waals surface area contributed by atoms with Crippen LogP contribution in [0.25, 0.3) is 0 Å². The third kappa shape index (κ3) is 4.12. The van der Waals surface area contributed by atoms with Gasteiger partial charge in [-0.2, -0.15) is 0 Å². The molecule has 1 aromatic carbocycles. The van der Waals surface area contributed by atoms with E-state index in [1.807, 2.05) is 17.3 Å². The minimum atomic E-state index is 0.777. The Morgan fingerprint density at radius 2 is 1.81 bits per heavy atom. The van der Waals surface area contributed by atoms with Crippen molar-refractivity contribution in [3.05, 3.63) is 58.3 Å². The van der Waals surface area contributed by atoms with E-state index in [1.165, 1.54) is 50.0 Å². The second-order valence-corrected chi connectivity index (χ2v) is 8.89. The number of hydrogen-bond donors (Lipinski definition) is 1. The van der Waals surface area contributed by atoms with Gasteiger partial charge in [-0.05, 0) is 66.1 Å². The van der Waals surface area contributed by atoms with Gasteiger partial charge in [0.25, 0.3) is 0 Å². The van der Waals surface area contributed by atoms with E-state index in [9.17, 15) is 0 Å². The molecule has 1 saturated carbocycles. The van der Waals surface area contributed by atoms with Gasteiger partial charge in [0, 0.05) is 10.7 Å². The van der Waals surface area contributed by atoms with E-state index in [0.717, 1.165) is 29.5 Å². The summed E-state index contributed by atoms with van der Waals surface area (Å²) in [6.45, 7) is 7.01. The first kappa shape index (κ1) is 18.0. The molecule has 1 aliphatic carbocycles. The lowest BCUT2D eigenvalue weighted by Crippen LogP contribution is -3.18. The van der Waals surface area contributed by atoms with E-state index in [-0.39, 0.29) is 0 Å². The second kappa shape index (κ2) is 8.10. The van der Waals surface area contributed by atoms with Crippen molar-refractivity contribution in [2.24, 2.45) is 0 Å². The molecule has 0 bridgehead atoms. The zero-order valence-corrected chi connectivity index (χ0v) is 17.2. The zero-order valence-electron chi connectivity index (χ0n) is 15.6. The molecule has 2 aliphatic rings. The average molecular weight is 415 g/mol. The lowest BCUT2D eigenvalue weighted by atomic mass is 9.81. The molecule has 3 nitrogen and oxygen atoms in total. The Balaban J connectivity index is 1.29. The van der Waals surface area contributed by atoms with E-state index in [0.29, 0.717) is 0 Å². The van der Waals surface area contributed by atoms with Crippen LogP contribution in [-0.2, 0) is 0 Å². The molecule has 1 aromatic heterocycles. The molecule has 2 heterocycles. The van der Waals surface area contributed by atoms with Crippen LogP contribution in [0.3, 0.4) is 0 Å². The Kier molecular flexibility index (Phi) is 5.60. The van der Waals surface area contributed by atoms with Crippen LogP contribution < -0.4 is 9.80 Å². The van der Waals surface area contributed by atoms with Crippen LogP contribution >= 0.6 is 15.9 Å². The summed E-state index contributed by atoms with van der Waals surface area (Å²) < 4.78 is 1.07. The Labute approximate surface area is 165 Å².